The minimum absolute atomic E-state index is 0.525. The van der Waals surface area contributed by atoms with Gasteiger partial charge in [-0.05, 0) is 57.1 Å². The standard InChI is InChI=1S/C48H31N3/c1-3-15-31(16-4-1)41-30-42(32-17-5-2-6-18-32)50-45(49-41)29-33-19-13-22-36-34-20-7-9-24-38(34)48(46(33)36)39-25-10-12-28-44(39)51-43-27-11-8-21-35(43)37-23-14-26-40(48)47(37)51/h1-28,30H,29H2. The van der Waals surface area contributed by atoms with Gasteiger partial charge in [-0.2, -0.15) is 0 Å². The Morgan fingerprint density at radius 1 is 0.471 bits per heavy atom. The van der Waals surface area contributed by atoms with Gasteiger partial charge in [-0.15, -0.1) is 0 Å². The Morgan fingerprint density at radius 3 is 1.84 bits per heavy atom. The van der Waals surface area contributed by atoms with Crippen molar-refractivity contribution >= 4 is 21.8 Å². The molecule has 51 heavy (non-hydrogen) atoms. The maximum Gasteiger partial charge on any atom is 0.134 e. The molecule has 1 unspecified atom stereocenters. The molecule has 2 aromatic heterocycles. The van der Waals surface area contributed by atoms with Gasteiger partial charge in [0.05, 0.1) is 33.5 Å². The van der Waals surface area contributed by atoms with Crippen molar-refractivity contribution in [1.82, 2.24) is 14.5 Å². The van der Waals surface area contributed by atoms with Crippen LogP contribution in [0.4, 0.5) is 0 Å². The van der Waals surface area contributed by atoms with Crippen LogP contribution in [-0.2, 0) is 11.8 Å². The molecule has 1 atom stereocenters. The summed E-state index contributed by atoms with van der Waals surface area (Å²) in [6, 6.07) is 63.7. The lowest BCUT2D eigenvalue weighted by Gasteiger charge is -2.40. The minimum atomic E-state index is -0.525. The zero-order valence-electron chi connectivity index (χ0n) is 27.8. The molecule has 3 nitrogen and oxygen atoms in total. The molecule has 9 aromatic rings. The Labute approximate surface area is 296 Å². The molecular weight excluding hydrogens is 619 g/mol. The lowest BCUT2D eigenvalue weighted by atomic mass is 9.64. The number of fused-ring (bicyclic) bond motifs is 12. The van der Waals surface area contributed by atoms with Crippen molar-refractivity contribution in [2.75, 3.05) is 0 Å². The molecular formula is C48H31N3. The van der Waals surface area contributed by atoms with Gasteiger partial charge >= 0.3 is 0 Å². The van der Waals surface area contributed by atoms with Crippen LogP contribution in [0, 0.1) is 0 Å². The first kappa shape index (κ1) is 28.3. The molecule has 0 radical (unpaired) electrons. The lowest BCUT2D eigenvalue weighted by molar-refractivity contribution is 0.737. The fourth-order valence-corrected chi connectivity index (χ4v) is 9.12. The van der Waals surface area contributed by atoms with Gasteiger partial charge in [0, 0.05) is 28.3 Å². The van der Waals surface area contributed by atoms with Crippen LogP contribution in [0.2, 0.25) is 0 Å². The predicted molar refractivity (Wildman–Crippen MR) is 207 cm³/mol. The number of nitrogens with zero attached hydrogens (tertiary/aromatic N) is 3. The Morgan fingerprint density at radius 2 is 1.06 bits per heavy atom. The molecule has 0 bridgehead atoms. The molecule has 7 aromatic carbocycles. The van der Waals surface area contributed by atoms with E-state index in [9.17, 15) is 0 Å². The SMILES string of the molecule is c1ccc(-c2cc(-c3ccccc3)nc(Cc3cccc4c3C3(c5ccccc5-4)c4ccccc4-n4c5ccccc5c5cccc3c54)n2)cc1. The quantitative estimate of drug-likeness (QED) is 0.190. The molecule has 3 heteroatoms. The molecule has 11 rings (SSSR count). The van der Waals surface area contributed by atoms with Crippen molar-refractivity contribution < 1.29 is 0 Å². The molecule has 238 valence electrons. The van der Waals surface area contributed by atoms with E-state index in [0.717, 1.165) is 28.3 Å². The molecule has 0 fully saturated rings. The van der Waals surface area contributed by atoms with Gasteiger partial charge in [-0.25, -0.2) is 9.97 Å². The van der Waals surface area contributed by atoms with E-state index in [1.165, 1.54) is 66.4 Å². The van der Waals surface area contributed by atoms with Gasteiger partial charge in [0.25, 0.3) is 0 Å². The number of benzene rings is 7. The number of rotatable bonds is 4. The first-order valence-corrected chi connectivity index (χ1v) is 17.6. The summed E-state index contributed by atoms with van der Waals surface area (Å²) in [6.07, 6.45) is 0.598. The van der Waals surface area contributed by atoms with E-state index in [-0.39, 0.29) is 0 Å². The van der Waals surface area contributed by atoms with Gasteiger partial charge in [0.2, 0.25) is 0 Å². The second-order valence-electron chi connectivity index (χ2n) is 13.7. The predicted octanol–water partition coefficient (Wildman–Crippen LogP) is 11.2. The average Bonchev–Trinajstić information content (AvgIpc) is 3.70. The monoisotopic (exact) mass is 649 g/mol. The second-order valence-corrected chi connectivity index (χ2v) is 13.7. The topological polar surface area (TPSA) is 30.7 Å². The fraction of sp³-hybridized carbons (Fsp3) is 0.0417. The smallest absolute Gasteiger partial charge is 0.134 e. The minimum Gasteiger partial charge on any atom is -0.309 e. The zero-order chi connectivity index (χ0) is 33.5. The third-order valence-corrected chi connectivity index (χ3v) is 11.1. The first-order valence-electron chi connectivity index (χ1n) is 17.6. The van der Waals surface area contributed by atoms with Crippen molar-refractivity contribution in [2.24, 2.45) is 0 Å². The summed E-state index contributed by atoms with van der Waals surface area (Å²) in [5.74, 6) is 0.811. The Hall–Kier alpha value is -6.58. The van der Waals surface area contributed by atoms with Gasteiger partial charge in [-0.3, -0.25) is 0 Å². The van der Waals surface area contributed by atoms with Crippen molar-refractivity contribution in [2.45, 2.75) is 11.8 Å². The van der Waals surface area contributed by atoms with Crippen LogP contribution in [0.15, 0.2) is 176 Å². The van der Waals surface area contributed by atoms with E-state index in [1.807, 2.05) is 0 Å². The maximum atomic E-state index is 5.27. The highest BCUT2D eigenvalue weighted by molar-refractivity contribution is 6.12. The molecule has 0 saturated carbocycles. The number of hydrogen-bond acceptors (Lipinski definition) is 2. The van der Waals surface area contributed by atoms with Crippen molar-refractivity contribution in [3.8, 4) is 39.3 Å². The highest BCUT2D eigenvalue weighted by atomic mass is 15.0. The summed E-state index contributed by atoms with van der Waals surface area (Å²) in [5, 5.41) is 2.56. The van der Waals surface area contributed by atoms with E-state index in [4.69, 9.17) is 9.97 Å². The fourth-order valence-electron chi connectivity index (χ4n) is 9.12. The molecule has 3 heterocycles. The summed E-state index contributed by atoms with van der Waals surface area (Å²) in [4.78, 5) is 10.5. The summed E-state index contributed by atoms with van der Waals surface area (Å²) >= 11 is 0. The molecule has 0 N–H and O–H groups in total. The number of hydrogen-bond donors (Lipinski definition) is 0. The van der Waals surface area contributed by atoms with Crippen LogP contribution >= 0.6 is 0 Å². The number of aromatic nitrogens is 3. The summed E-state index contributed by atoms with van der Waals surface area (Å²) < 4.78 is 2.50. The summed E-state index contributed by atoms with van der Waals surface area (Å²) in [7, 11) is 0. The van der Waals surface area contributed by atoms with Crippen LogP contribution in [0.5, 0.6) is 0 Å². The van der Waals surface area contributed by atoms with Crippen molar-refractivity contribution in [3.63, 3.8) is 0 Å². The van der Waals surface area contributed by atoms with E-state index >= 15 is 0 Å². The Bertz CT molecular complexity index is 2770. The summed E-state index contributed by atoms with van der Waals surface area (Å²) in [6.45, 7) is 0. The van der Waals surface area contributed by atoms with Crippen LogP contribution in [0.25, 0.3) is 61.1 Å². The normalized spacial score (nSPS) is 15.2. The molecule has 0 saturated heterocycles. The van der Waals surface area contributed by atoms with Gasteiger partial charge in [0.15, 0.2) is 0 Å². The zero-order valence-corrected chi connectivity index (χ0v) is 27.8. The van der Waals surface area contributed by atoms with Gasteiger partial charge in [-0.1, -0.05) is 158 Å². The van der Waals surface area contributed by atoms with Crippen LogP contribution in [-0.4, -0.2) is 14.5 Å². The highest BCUT2D eigenvalue weighted by Crippen LogP contribution is 2.61. The van der Waals surface area contributed by atoms with Crippen molar-refractivity contribution in [1.29, 1.82) is 0 Å². The lowest BCUT2D eigenvalue weighted by Crippen LogP contribution is -2.34. The average molecular weight is 650 g/mol. The largest absolute Gasteiger partial charge is 0.309 e. The van der Waals surface area contributed by atoms with Crippen LogP contribution in [0.3, 0.4) is 0 Å². The molecule has 2 aliphatic rings. The first-order chi connectivity index (χ1) is 25.3. The van der Waals surface area contributed by atoms with Gasteiger partial charge < -0.3 is 4.57 Å². The molecule has 1 spiro atoms. The Balaban J connectivity index is 1.22. The molecule has 1 aliphatic heterocycles. The van der Waals surface area contributed by atoms with Crippen LogP contribution < -0.4 is 0 Å². The van der Waals surface area contributed by atoms with E-state index in [0.29, 0.717) is 6.42 Å². The van der Waals surface area contributed by atoms with E-state index in [1.54, 1.807) is 0 Å². The van der Waals surface area contributed by atoms with Crippen LogP contribution in [0.1, 0.15) is 33.6 Å². The maximum absolute atomic E-state index is 5.27. The van der Waals surface area contributed by atoms with E-state index < -0.39 is 5.41 Å². The molecule has 0 amide bonds. The van der Waals surface area contributed by atoms with Crippen molar-refractivity contribution in [3.05, 3.63) is 210 Å². The second kappa shape index (κ2) is 10.7. The summed E-state index contributed by atoms with van der Waals surface area (Å²) in [5.41, 5.74) is 16.3. The third-order valence-electron chi connectivity index (χ3n) is 11.1. The molecule has 1 aliphatic carbocycles. The number of para-hydroxylation sites is 3. The van der Waals surface area contributed by atoms with E-state index in [2.05, 4.69) is 180 Å². The third kappa shape index (κ3) is 3.89. The Kier molecular flexibility index (Phi) is 5.94. The van der Waals surface area contributed by atoms with Gasteiger partial charge in [0.1, 0.15) is 5.82 Å². The highest BCUT2D eigenvalue weighted by Gasteiger charge is 2.51.